The van der Waals surface area contributed by atoms with Gasteiger partial charge < -0.3 is 27.9 Å². The van der Waals surface area contributed by atoms with Gasteiger partial charge in [-0.25, -0.2) is 10.2 Å². The molecule has 0 unspecified atom stereocenters. The normalized spacial score (nSPS) is 11.0. The zero-order valence-corrected chi connectivity index (χ0v) is 26.6. The number of hydrogen-bond donors (Lipinski definition) is 1. The molecular weight excluding hydrogens is 674 g/mol. The largest absolute Gasteiger partial charge is 0.490 e. The highest BCUT2D eigenvalue weighted by atomic mass is 79.9. The number of furan rings is 1. The van der Waals surface area contributed by atoms with E-state index in [2.05, 4.69) is 77.7 Å². The van der Waals surface area contributed by atoms with Gasteiger partial charge in [0.2, 0.25) is 0 Å². The molecule has 4 rings (SSSR count). The maximum Gasteiger partial charge on any atom is 0.343 e. The molecule has 10 nitrogen and oxygen atoms in total. The summed E-state index contributed by atoms with van der Waals surface area (Å²) in [6, 6.07) is 16.8. The van der Waals surface area contributed by atoms with Crippen molar-refractivity contribution in [2.45, 2.75) is 27.4 Å². The Labute approximate surface area is 259 Å². The molecule has 0 saturated heterocycles. The van der Waals surface area contributed by atoms with Crippen molar-refractivity contribution in [3.8, 4) is 22.9 Å². The molecule has 2 aromatic carbocycles. The van der Waals surface area contributed by atoms with Crippen molar-refractivity contribution < 1.29 is 33.0 Å². The third kappa shape index (κ3) is 7.42. The molecule has 42 heavy (non-hydrogen) atoms. The van der Waals surface area contributed by atoms with Crippen LogP contribution >= 0.6 is 31.9 Å². The number of nitrogens with one attached hydrogen (secondary N) is 1. The van der Waals surface area contributed by atoms with Crippen LogP contribution in [-0.2, 0) is 16.1 Å². The van der Waals surface area contributed by atoms with Crippen LogP contribution in [0.25, 0.3) is 5.69 Å². The van der Waals surface area contributed by atoms with Crippen LogP contribution in [0.1, 0.15) is 40.2 Å². The third-order valence-corrected chi connectivity index (χ3v) is 8.16. The van der Waals surface area contributed by atoms with E-state index in [1.165, 1.54) is 13.3 Å². The van der Waals surface area contributed by atoms with Gasteiger partial charge in [-0.3, -0.25) is 4.79 Å². The fourth-order valence-electron chi connectivity index (χ4n) is 4.00. The van der Waals surface area contributed by atoms with Crippen LogP contribution < -0.4 is 19.6 Å². The predicted octanol–water partition coefficient (Wildman–Crippen LogP) is 6.51. The van der Waals surface area contributed by atoms with Gasteiger partial charge in [0.1, 0.15) is 18.1 Å². The van der Waals surface area contributed by atoms with Crippen LogP contribution in [0.15, 0.2) is 73.1 Å². The number of hydrazone groups is 1. The number of ether oxygens (including phenoxy) is 4. The van der Waals surface area contributed by atoms with Crippen LogP contribution in [0.2, 0.25) is 0 Å². The van der Waals surface area contributed by atoms with Gasteiger partial charge in [-0.1, -0.05) is 0 Å². The Morgan fingerprint density at radius 2 is 1.69 bits per heavy atom. The highest BCUT2D eigenvalue weighted by molar-refractivity contribution is 9.13. The number of amides is 1. The van der Waals surface area contributed by atoms with E-state index in [0.717, 1.165) is 17.1 Å². The van der Waals surface area contributed by atoms with E-state index in [1.54, 1.807) is 18.2 Å². The Bertz CT molecular complexity index is 1570. The van der Waals surface area contributed by atoms with E-state index >= 15 is 0 Å². The minimum atomic E-state index is -0.533. The molecule has 12 heteroatoms. The van der Waals surface area contributed by atoms with Gasteiger partial charge in [0, 0.05) is 27.1 Å². The number of carbonyl (C=O) groups excluding carboxylic acids is 2. The average molecular weight is 703 g/mol. The number of aromatic nitrogens is 1. The number of aryl methyl sites for hydroxylation is 2. The summed E-state index contributed by atoms with van der Waals surface area (Å²) in [5, 5.41) is 4.04. The Kier molecular flexibility index (Phi) is 10.5. The molecule has 220 valence electrons. The van der Waals surface area contributed by atoms with Crippen molar-refractivity contribution in [2.75, 3.05) is 20.3 Å². The zero-order chi connectivity index (χ0) is 30.2. The summed E-state index contributed by atoms with van der Waals surface area (Å²) >= 11 is 6.93. The number of hydrogen-bond acceptors (Lipinski definition) is 8. The van der Waals surface area contributed by atoms with Gasteiger partial charge >= 0.3 is 11.9 Å². The predicted molar refractivity (Wildman–Crippen MR) is 164 cm³/mol. The lowest BCUT2D eigenvalue weighted by Gasteiger charge is -2.15. The lowest BCUT2D eigenvalue weighted by atomic mass is 10.2. The highest BCUT2D eigenvalue weighted by Crippen LogP contribution is 2.42. The summed E-state index contributed by atoms with van der Waals surface area (Å²) < 4.78 is 30.6. The van der Waals surface area contributed by atoms with E-state index in [0.29, 0.717) is 44.1 Å². The quantitative estimate of drug-likeness (QED) is 0.102. The van der Waals surface area contributed by atoms with Crippen LogP contribution in [0.4, 0.5) is 0 Å². The zero-order valence-electron chi connectivity index (χ0n) is 23.4. The second kappa shape index (κ2) is 14.2. The van der Waals surface area contributed by atoms with E-state index in [4.69, 9.17) is 18.6 Å². The third-order valence-electron chi connectivity index (χ3n) is 6.02. The molecular formula is C30H29Br2N3O7. The number of halogens is 2. The van der Waals surface area contributed by atoms with Crippen LogP contribution in [0, 0.1) is 13.8 Å². The summed E-state index contributed by atoms with van der Waals surface area (Å²) in [5.74, 6) is 0.888. The topological polar surface area (TPSA) is 114 Å². The molecule has 4 aromatic rings. The minimum Gasteiger partial charge on any atom is -0.490 e. The highest BCUT2D eigenvalue weighted by Gasteiger charge is 2.18. The van der Waals surface area contributed by atoms with Gasteiger partial charge in [0.25, 0.3) is 0 Å². The molecule has 1 amide bonds. The summed E-state index contributed by atoms with van der Waals surface area (Å²) in [6.45, 7) is 6.17. The first-order valence-electron chi connectivity index (χ1n) is 12.9. The summed E-state index contributed by atoms with van der Waals surface area (Å²) in [6.07, 6.45) is 1.44. The molecule has 0 fully saturated rings. The fraction of sp³-hybridized carbons (Fsp3) is 0.233. The van der Waals surface area contributed by atoms with Crippen molar-refractivity contribution in [3.63, 3.8) is 0 Å². The smallest absolute Gasteiger partial charge is 0.343 e. The second-order valence-corrected chi connectivity index (χ2v) is 10.5. The van der Waals surface area contributed by atoms with Crippen molar-refractivity contribution in [3.05, 3.63) is 92.0 Å². The number of carbonyl (C=O) groups is 2. The molecule has 0 saturated carbocycles. The van der Waals surface area contributed by atoms with E-state index in [9.17, 15) is 9.59 Å². The van der Waals surface area contributed by atoms with E-state index in [1.807, 2.05) is 31.2 Å². The maximum atomic E-state index is 12.6. The molecule has 1 N–H and O–H groups in total. The molecule has 2 heterocycles. The molecule has 0 spiro atoms. The minimum absolute atomic E-state index is 0.0847. The van der Waals surface area contributed by atoms with Crippen LogP contribution in [-0.4, -0.2) is 43.0 Å². The average Bonchev–Trinajstić information content (AvgIpc) is 3.60. The van der Waals surface area contributed by atoms with Crippen molar-refractivity contribution in [1.29, 1.82) is 0 Å². The molecule has 0 radical (unpaired) electrons. The molecule has 0 aliphatic carbocycles. The van der Waals surface area contributed by atoms with Crippen LogP contribution in [0.5, 0.6) is 17.2 Å². The molecule has 0 bridgehead atoms. The van der Waals surface area contributed by atoms with Crippen molar-refractivity contribution in [1.82, 2.24) is 9.99 Å². The number of methoxy groups -OCH3 is 1. The SMILES string of the molecule is CCOc1cc(/C=N/NC(=O)c2ccc(COc3ccc(-n4c(C)ccc4C)cc3)o2)c(Br)c(Br)c1OCC(=O)OC. The molecule has 2 aromatic heterocycles. The maximum absolute atomic E-state index is 12.6. The lowest BCUT2D eigenvalue weighted by molar-refractivity contribution is -0.142. The molecule has 0 aliphatic rings. The number of benzene rings is 2. The van der Waals surface area contributed by atoms with Crippen LogP contribution in [0.3, 0.4) is 0 Å². The Morgan fingerprint density at radius 1 is 0.976 bits per heavy atom. The Morgan fingerprint density at radius 3 is 2.36 bits per heavy atom. The second-order valence-electron chi connectivity index (χ2n) is 8.92. The molecule has 0 atom stereocenters. The first-order valence-corrected chi connectivity index (χ1v) is 14.4. The monoisotopic (exact) mass is 701 g/mol. The molecule has 0 aliphatic heterocycles. The number of esters is 1. The van der Waals surface area contributed by atoms with Crippen molar-refractivity contribution in [2.24, 2.45) is 5.10 Å². The standard InChI is InChI=1S/C30H29Br2N3O7/c1-5-39-25-14-20(27(31)28(32)29(25)41-17-26(36)38-4)15-33-34-30(37)24-13-12-23(42-24)16-40-22-10-8-21(9-11-22)35-18(2)6-7-19(35)3/h6-15H,5,16-17H2,1-4H3,(H,34,37)/b33-15+. The summed E-state index contributed by atoms with van der Waals surface area (Å²) in [4.78, 5) is 24.1. The van der Waals surface area contributed by atoms with Gasteiger partial charge in [0.05, 0.1) is 24.4 Å². The number of rotatable bonds is 12. The Hall–Kier alpha value is -4.03. The lowest BCUT2D eigenvalue weighted by Crippen LogP contribution is -2.17. The van der Waals surface area contributed by atoms with Gasteiger partial charge in [0.15, 0.2) is 23.9 Å². The first-order chi connectivity index (χ1) is 20.2. The van der Waals surface area contributed by atoms with Gasteiger partial charge in [-0.15, -0.1) is 0 Å². The van der Waals surface area contributed by atoms with Gasteiger partial charge in [-0.2, -0.15) is 5.10 Å². The van der Waals surface area contributed by atoms with E-state index in [-0.39, 0.29) is 19.0 Å². The van der Waals surface area contributed by atoms with Crippen molar-refractivity contribution >= 4 is 50.0 Å². The number of nitrogens with zero attached hydrogens (tertiary/aromatic N) is 2. The Balaban J connectivity index is 1.35. The first kappa shape index (κ1) is 30.9. The fourth-order valence-corrected chi connectivity index (χ4v) is 4.94. The van der Waals surface area contributed by atoms with Gasteiger partial charge in [-0.05, 0) is 107 Å². The summed E-state index contributed by atoms with van der Waals surface area (Å²) in [5.41, 5.74) is 6.39. The summed E-state index contributed by atoms with van der Waals surface area (Å²) in [7, 11) is 1.28. The van der Waals surface area contributed by atoms with E-state index < -0.39 is 11.9 Å².